The van der Waals surface area contributed by atoms with Gasteiger partial charge in [-0.25, -0.2) is 15.0 Å². The molecule has 0 saturated carbocycles. The van der Waals surface area contributed by atoms with E-state index in [9.17, 15) is 0 Å². The quantitative estimate of drug-likeness (QED) is 0.176. The van der Waals surface area contributed by atoms with Crippen molar-refractivity contribution in [2.45, 2.75) is 0 Å². The number of furan rings is 2. The van der Waals surface area contributed by atoms with Crippen LogP contribution >= 0.6 is 0 Å². The Balaban J connectivity index is 1.18. The smallest absolute Gasteiger partial charge is 0.164 e. The maximum atomic E-state index is 7.25. The molecule has 0 aliphatic carbocycles. The summed E-state index contributed by atoms with van der Waals surface area (Å²) in [6.45, 7) is 0. The largest absolute Gasteiger partial charge is 0.456 e. The Hall–Kier alpha value is -7.83. The van der Waals surface area contributed by atoms with Crippen molar-refractivity contribution in [1.29, 1.82) is 0 Å². The molecule has 6 nitrogen and oxygen atoms in total. The summed E-state index contributed by atoms with van der Waals surface area (Å²) in [7, 11) is 0. The number of aromatic nitrogens is 4. The van der Waals surface area contributed by atoms with Crippen molar-refractivity contribution in [3.63, 3.8) is 0 Å². The van der Waals surface area contributed by atoms with Crippen molar-refractivity contribution in [3.05, 3.63) is 182 Å². The van der Waals surface area contributed by atoms with E-state index in [1.807, 2.05) is 72.8 Å². The van der Waals surface area contributed by atoms with Crippen LogP contribution in [-0.4, -0.2) is 19.5 Å². The molecule has 8 aromatic carbocycles. The van der Waals surface area contributed by atoms with E-state index < -0.39 is 0 Å². The van der Waals surface area contributed by atoms with Gasteiger partial charge in [0.1, 0.15) is 16.7 Å². The lowest BCUT2D eigenvalue weighted by Gasteiger charge is -2.11. The molecule has 57 heavy (non-hydrogen) atoms. The molecule has 0 radical (unpaired) electrons. The topological polar surface area (TPSA) is 69.9 Å². The summed E-state index contributed by atoms with van der Waals surface area (Å²) < 4.78 is 15.8. The van der Waals surface area contributed by atoms with Gasteiger partial charge in [0.05, 0.1) is 16.7 Å². The molecule has 4 aromatic heterocycles. The van der Waals surface area contributed by atoms with E-state index in [2.05, 4.69) is 114 Å². The van der Waals surface area contributed by atoms with Crippen LogP contribution in [0.15, 0.2) is 191 Å². The van der Waals surface area contributed by atoms with Gasteiger partial charge in [-0.05, 0) is 54.1 Å². The summed E-state index contributed by atoms with van der Waals surface area (Å²) >= 11 is 0. The van der Waals surface area contributed by atoms with Crippen LogP contribution < -0.4 is 0 Å². The predicted molar refractivity (Wildman–Crippen MR) is 230 cm³/mol. The molecule has 6 heteroatoms. The van der Waals surface area contributed by atoms with Gasteiger partial charge in [0, 0.05) is 54.6 Å². The van der Waals surface area contributed by atoms with Gasteiger partial charge in [0.15, 0.2) is 23.1 Å². The van der Waals surface area contributed by atoms with Crippen molar-refractivity contribution in [2.75, 3.05) is 0 Å². The van der Waals surface area contributed by atoms with Gasteiger partial charge in [0.25, 0.3) is 0 Å². The summed E-state index contributed by atoms with van der Waals surface area (Å²) in [5, 5.41) is 6.42. The second-order valence-electron chi connectivity index (χ2n) is 14.3. The Morgan fingerprint density at radius 1 is 0.351 bits per heavy atom. The van der Waals surface area contributed by atoms with Crippen LogP contribution in [0.3, 0.4) is 0 Å². The molecule has 266 valence electrons. The molecular weight excluding hydrogens is 701 g/mol. The maximum Gasteiger partial charge on any atom is 0.164 e. The lowest BCUT2D eigenvalue weighted by Crippen LogP contribution is -2.00. The van der Waals surface area contributed by atoms with Crippen LogP contribution in [0, 0.1) is 0 Å². The van der Waals surface area contributed by atoms with Crippen LogP contribution in [0.2, 0.25) is 0 Å². The number of benzene rings is 8. The third-order valence-electron chi connectivity index (χ3n) is 11.1. The first kappa shape index (κ1) is 31.5. The normalized spacial score (nSPS) is 11.9. The van der Waals surface area contributed by atoms with Gasteiger partial charge in [-0.1, -0.05) is 133 Å². The highest BCUT2D eigenvalue weighted by Crippen LogP contribution is 2.45. The molecule has 0 atom stereocenters. The summed E-state index contributed by atoms with van der Waals surface area (Å²) in [4.78, 5) is 15.3. The molecule has 0 aliphatic rings. The van der Waals surface area contributed by atoms with E-state index in [0.717, 1.165) is 88.4 Å². The lowest BCUT2D eigenvalue weighted by atomic mass is 9.96. The molecule has 0 amide bonds. The molecule has 0 aliphatic heterocycles. The number of nitrogens with zero attached hydrogens (tertiary/aromatic N) is 4. The zero-order chi connectivity index (χ0) is 37.5. The second kappa shape index (κ2) is 12.3. The summed E-state index contributed by atoms with van der Waals surface area (Å²) in [6.07, 6.45) is 0. The minimum atomic E-state index is 0.570. The van der Waals surface area contributed by atoms with Crippen molar-refractivity contribution >= 4 is 65.7 Å². The summed E-state index contributed by atoms with van der Waals surface area (Å²) in [5.41, 5.74) is 11.1. The standard InChI is InChI=1S/C51H30N4O2/c1-3-14-31(15-4-1)49-52-50(32-16-5-2-6-17-32)54-51(53-49)39-28-27-34(33-26-29-45-40(30-33)37-20-9-12-25-44(37)56-45)48-46(39)38-21-13-24-43(47(38)57-48)55-41-22-10-7-18-35(41)36-19-8-11-23-42(36)55/h1-30H. The SMILES string of the molecule is c1ccc(-c2nc(-c3ccccc3)nc(-c3ccc(-c4ccc5oc6ccccc6c5c4)c4oc5c(-n6c7ccccc7c7ccccc76)cccc5c34)n2)cc1. The Kier molecular flexibility index (Phi) is 6.83. The van der Waals surface area contributed by atoms with Gasteiger partial charge in [-0.2, -0.15) is 0 Å². The van der Waals surface area contributed by atoms with Crippen molar-refractivity contribution in [1.82, 2.24) is 19.5 Å². The molecule has 4 heterocycles. The highest BCUT2D eigenvalue weighted by molar-refractivity contribution is 6.19. The molecule has 0 saturated heterocycles. The van der Waals surface area contributed by atoms with Gasteiger partial charge in [-0.3, -0.25) is 0 Å². The van der Waals surface area contributed by atoms with Crippen LogP contribution in [0.5, 0.6) is 0 Å². The van der Waals surface area contributed by atoms with Crippen LogP contribution in [0.4, 0.5) is 0 Å². The van der Waals surface area contributed by atoms with E-state index >= 15 is 0 Å². The molecular formula is C51H30N4O2. The van der Waals surface area contributed by atoms with Gasteiger partial charge in [0.2, 0.25) is 0 Å². The van der Waals surface area contributed by atoms with Gasteiger partial charge < -0.3 is 13.4 Å². The molecule has 0 fully saturated rings. The Bertz CT molecular complexity index is 3410. The first-order valence-corrected chi connectivity index (χ1v) is 19.0. The Labute approximate surface area is 325 Å². The first-order valence-electron chi connectivity index (χ1n) is 19.0. The molecule has 12 aromatic rings. The van der Waals surface area contributed by atoms with E-state index in [-0.39, 0.29) is 0 Å². The Morgan fingerprint density at radius 3 is 1.61 bits per heavy atom. The molecule has 0 N–H and O–H groups in total. The molecule has 12 rings (SSSR count). The predicted octanol–water partition coefficient (Wildman–Crippen LogP) is 13.4. The number of hydrogen-bond acceptors (Lipinski definition) is 5. The first-order chi connectivity index (χ1) is 28.3. The fourth-order valence-corrected chi connectivity index (χ4v) is 8.48. The van der Waals surface area contributed by atoms with Crippen LogP contribution in [0.1, 0.15) is 0 Å². The number of rotatable bonds is 5. The number of para-hydroxylation sites is 4. The van der Waals surface area contributed by atoms with Crippen molar-refractivity contribution in [2.24, 2.45) is 0 Å². The average molecular weight is 731 g/mol. The maximum absolute atomic E-state index is 7.25. The average Bonchev–Trinajstić information content (AvgIpc) is 3.96. The molecule has 0 spiro atoms. The third-order valence-corrected chi connectivity index (χ3v) is 11.1. The zero-order valence-corrected chi connectivity index (χ0v) is 30.4. The van der Waals surface area contributed by atoms with E-state index in [1.165, 1.54) is 10.8 Å². The van der Waals surface area contributed by atoms with E-state index in [4.69, 9.17) is 23.8 Å². The third kappa shape index (κ3) is 4.87. The Morgan fingerprint density at radius 2 is 0.912 bits per heavy atom. The minimum Gasteiger partial charge on any atom is -0.456 e. The summed E-state index contributed by atoms with van der Waals surface area (Å²) in [5.74, 6) is 1.78. The number of hydrogen-bond donors (Lipinski definition) is 0. The van der Waals surface area contributed by atoms with E-state index in [1.54, 1.807) is 0 Å². The van der Waals surface area contributed by atoms with Crippen molar-refractivity contribution < 1.29 is 8.83 Å². The molecule has 0 bridgehead atoms. The number of fused-ring (bicyclic) bond motifs is 9. The van der Waals surface area contributed by atoms with Crippen LogP contribution in [-0.2, 0) is 0 Å². The van der Waals surface area contributed by atoms with Crippen molar-refractivity contribution in [3.8, 4) is 51.0 Å². The monoisotopic (exact) mass is 730 g/mol. The van der Waals surface area contributed by atoms with E-state index in [0.29, 0.717) is 17.5 Å². The van der Waals surface area contributed by atoms with Crippen LogP contribution in [0.25, 0.3) is 117 Å². The fourth-order valence-electron chi connectivity index (χ4n) is 8.48. The molecule has 0 unspecified atom stereocenters. The lowest BCUT2D eigenvalue weighted by molar-refractivity contribution is 0.667. The van der Waals surface area contributed by atoms with Gasteiger partial charge in [-0.15, -0.1) is 0 Å². The highest BCUT2D eigenvalue weighted by Gasteiger charge is 2.24. The van der Waals surface area contributed by atoms with Gasteiger partial charge >= 0.3 is 0 Å². The minimum absolute atomic E-state index is 0.570. The summed E-state index contributed by atoms with van der Waals surface area (Å²) in [6, 6.07) is 62.5. The second-order valence-corrected chi connectivity index (χ2v) is 14.3. The fraction of sp³-hybridized carbons (Fsp3) is 0. The zero-order valence-electron chi connectivity index (χ0n) is 30.4. The highest BCUT2D eigenvalue weighted by atomic mass is 16.3.